The van der Waals surface area contributed by atoms with Crippen molar-refractivity contribution >= 4 is 47.4 Å². The highest BCUT2D eigenvalue weighted by Crippen LogP contribution is 2.45. The van der Waals surface area contributed by atoms with E-state index in [0.29, 0.717) is 28.4 Å². The molecule has 194 valence electrons. The van der Waals surface area contributed by atoms with E-state index < -0.39 is 0 Å². The van der Waals surface area contributed by atoms with Gasteiger partial charge >= 0.3 is 0 Å². The van der Waals surface area contributed by atoms with Crippen LogP contribution < -0.4 is 0 Å². The second kappa shape index (κ2) is 11.7. The van der Waals surface area contributed by atoms with E-state index in [0.717, 1.165) is 75.0 Å². The summed E-state index contributed by atoms with van der Waals surface area (Å²) < 4.78 is 0. The third-order valence-corrected chi connectivity index (χ3v) is 8.85. The molecule has 36 heavy (non-hydrogen) atoms. The highest BCUT2D eigenvalue weighted by Gasteiger charge is 2.40. The number of nitrogens with zero attached hydrogens (tertiary/aromatic N) is 3. The van der Waals surface area contributed by atoms with Crippen LogP contribution in [-0.2, 0) is 4.79 Å². The Morgan fingerprint density at radius 1 is 0.972 bits per heavy atom. The maximum Gasteiger partial charge on any atom is 0.254 e. The van der Waals surface area contributed by atoms with Crippen LogP contribution in [0.1, 0.15) is 72.0 Å². The van der Waals surface area contributed by atoms with Crippen molar-refractivity contribution in [2.75, 3.05) is 33.2 Å². The smallest absolute Gasteiger partial charge is 0.254 e. The number of hydrogen-bond acceptors (Lipinski definition) is 3. The first-order valence-electron chi connectivity index (χ1n) is 12.8. The zero-order chi connectivity index (χ0) is 24.5. The molecule has 2 saturated heterocycles. The maximum absolute atomic E-state index is 13.0. The van der Waals surface area contributed by atoms with Crippen LogP contribution in [0.2, 0.25) is 10.0 Å². The highest BCUT2D eigenvalue weighted by molar-refractivity contribution is 6.42. The van der Waals surface area contributed by atoms with Crippen LogP contribution in [0.15, 0.2) is 42.5 Å². The van der Waals surface area contributed by atoms with Gasteiger partial charge in [0.1, 0.15) is 0 Å². The summed E-state index contributed by atoms with van der Waals surface area (Å²) in [5.74, 6) is 0.508. The number of piperidine rings is 2. The third kappa shape index (κ3) is 5.40. The van der Waals surface area contributed by atoms with Crippen LogP contribution in [0, 0.1) is 0 Å². The molecule has 2 fully saturated rings. The normalized spacial score (nSPS) is 21.9. The van der Waals surface area contributed by atoms with E-state index in [4.69, 9.17) is 23.2 Å². The highest BCUT2D eigenvalue weighted by atomic mass is 35.5. The number of halogens is 3. The summed E-state index contributed by atoms with van der Waals surface area (Å²) in [7, 11) is 1.90. The summed E-state index contributed by atoms with van der Waals surface area (Å²) in [6.07, 6.45) is 5.85. The van der Waals surface area contributed by atoms with Crippen molar-refractivity contribution < 1.29 is 9.59 Å². The predicted molar refractivity (Wildman–Crippen MR) is 147 cm³/mol. The Balaban J connectivity index is 0.00000304. The van der Waals surface area contributed by atoms with Gasteiger partial charge in [-0.3, -0.25) is 9.59 Å². The summed E-state index contributed by atoms with van der Waals surface area (Å²) in [6.45, 7) is 3.85. The monoisotopic (exact) mass is 549 g/mol. The van der Waals surface area contributed by atoms with Crippen molar-refractivity contribution in [1.29, 1.82) is 0 Å². The Labute approximate surface area is 230 Å². The van der Waals surface area contributed by atoms with Gasteiger partial charge < -0.3 is 14.7 Å². The van der Waals surface area contributed by atoms with Crippen LogP contribution in [0.3, 0.4) is 0 Å². The van der Waals surface area contributed by atoms with Crippen molar-refractivity contribution in [2.45, 2.75) is 56.5 Å². The number of carbonyl (C=O) groups excluding carboxylic acids is 2. The first kappa shape index (κ1) is 27.3. The molecule has 3 aliphatic heterocycles. The molecule has 2 aromatic carbocycles. The molecule has 3 heterocycles. The lowest BCUT2D eigenvalue weighted by Gasteiger charge is -2.41. The fourth-order valence-corrected chi connectivity index (χ4v) is 6.51. The number of hydrogen-bond donors (Lipinski definition) is 0. The number of rotatable bonds is 6. The minimum atomic E-state index is -0.0422. The van der Waals surface area contributed by atoms with E-state index in [1.807, 2.05) is 48.3 Å². The molecular weight excluding hydrogens is 517 g/mol. The molecular formula is C28H34Cl3N3O2. The maximum atomic E-state index is 13.0. The average Bonchev–Trinajstić information content (AvgIpc) is 3.12. The lowest BCUT2D eigenvalue weighted by molar-refractivity contribution is -0.136. The van der Waals surface area contributed by atoms with Crippen LogP contribution >= 0.6 is 35.6 Å². The molecule has 3 aliphatic rings. The van der Waals surface area contributed by atoms with Gasteiger partial charge in [0, 0.05) is 50.6 Å². The lowest BCUT2D eigenvalue weighted by atomic mass is 9.84. The standard InChI is InChI=1S/C28H33Cl2N3O2.ClH/c1-31-27(22-6-2-3-7-23(22)28(31)35)21(19-9-10-24(29)25(30)18-19)13-17-32-15-11-20(12-16-32)33-14-5-4-8-26(33)34;/h2-3,6-7,9-10,18,20-21,27H,4-5,8,11-17H2,1H3;1H/t21?,27-;/m1./s1. The van der Waals surface area contributed by atoms with Gasteiger partial charge in [0.05, 0.1) is 16.1 Å². The van der Waals surface area contributed by atoms with Gasteiger partial charge in [0.25, 0.3) is 5.91 Å². The molecule has 8 heteroatoms. The number of carbonyl (C=O) groups is 2. The molecule has 0 bridgehead atoms. The second-order valence-electron chi connectivity index (χ2n) is 10.1. The number of benzene rings is 2. The summed E-state index contributed by atoms with van der Waals surface area (Å²) in [4.78, 5) is 31.9. The zero-order valence-corrected chi connectivity index (χ0v) is 23.0. The fourth-order valence-electron chi connectivity index (χ4n) is 6.20. The van der Waals surface area contributed by atoms with Crippen molar-refractivity contribution in [3.8, 4) is 0 Å². The van der Waals surface area contributed by atoms with Gasteiger partial charge in [-0.25, -0.2) is 0 Å². The van der Waals surface area contributed by atoms with Crippen LogP contribution in [0.4, 0.5) is 0 Å². The van der Waals surface area contributed by atoms with E-state index in [-0.39, 0.29) is 30.3 Å². The molecule has 2 amide bonds. The Morgan fingerprint density at radius 3 is 2.44 bits per heavy atom. The lowest BCUT2D eigenvalue weighted by Crippen LogP contribution is -2.49. The molecule has 0 N–H and O–H groups in total. The first-order valence-corrected chi connectivity index (χ1v) is 13.5. The molecule has 5 nitrogen and oxygen atoms in total. The molecule has 2 aromatic rings. The quantitative estimate of drug-likeness (QED) is 0.431. The predicted octanol–water partition coefficient (Wildman–Crippen LogP) is 6.19. The molecule has 2 atom stereocenters. The van der Waals surface area contributed by atoms with E-state index >= 15 is 0 Å². The van der Waals surface area contributed by atoms with Crippen molar-refractivity contribution in [3.05, 3.63) is 69.2 Å². The summed E-state index contributed by atoms with van der Waals surface area (Å²) >= 11 is 12.7. The number of likely N-dealkylation sites (N-methyl/N-ethyl adjacent to an activating group) is 1. The van der Waals surface area contributed by atoms with Gasteiger partial charge in [-0.15, -0.1) is 12.4 Å². The zero-order valence-electron chi connectivity index (χ0n) is 20.7. The van der Waals surface area contributed by atoms with Gasteiger partial charge in [0.2, 0.25) is 5.91 Å². The van der Waals surface area contributed by atoms with Gasteiger partial charge in [-0.1, -0.05) is 47.5 Å². The molecule has 0 aromatic heterocycles. The van der Waals surface area contributed by atoms with Gasteiger partial charge in [-0.2, -0.15) is 0 Å². The Bertz CT molecular complexity index is 1100. The first-order chi connectivity index (χ1) is 16.9. The van der Waals surface area contributed by atoms with Gasteiger partial charge in [-0.05, 0) is 68.0 Å². The molecule has 0 spiro atoms. The molecule has 0 saturated carbocycles. The van der Waals surface area contributed by atoms with Crippen LogP contribution in [-0.4, -0.2) is 65.8 Å². The fraction of sp³-hybridized carbons (Fsp3) is 0.500. The summed E-state index contributed by atoms with van der Waals surface area (Å²) in [6, 6.07) is 14.1. The minimum absolute atomic E-state index is 0. The molecule has 0 radical (unpaired) electrons. The topological polar surface area (TPSA) is 43.9 Å². The molecule has 0 aliphatic carbocycles. The molecule has 1 unspecified atom stereocenters. The molecule has 5 rings (SSSR count). The van der Waals surface area contributed by atoms with Crippen LogP contribution in [0.25, 0.3) is 0 Å². The number of likely N-dealkylation sites (tertiary alicyclic amines) is 2. The van der Waals surface area contributed by atoms with Crippen molar-refractivity contribution in [1.82, 2.24) is 14.7 Å². The largest absolute Gasteiger partial charge is 0.340 e. The van der Waals surface area contributed by atoms with Gasteiger partial charge in [0.15, 0.2) is 0 Å². The average molecular weight is 551 g/mol. The Morgan fingerprint density at radius 2 is 1.72 bits per heavy atom. The van der Waals surface area contributed by atoms with E-state index in [2.05, 4.69) is 15.9 Å². The Hall–Kier alpha value is -1.79. The summed E-state index contributed by atoms with van der Waals surface area (Å²) in [5, 5.41) is 1.08. The van der Waals surface area contributed by atoms with Crippen LogP contribution in [0.5, 0.6) is 0 Å². The SMILES string of the molecule is CN1C(=O)c2ccccc2[C@H]1C(CCN1CCC(N2CCCCC2=O)CC1)c1ccc(Cl)c(Cl)c1.Cl. The Kier molecular flexibility index (Phi) is 8.87. The van der Waals surface area contributed by atoms with Crippen molar-refractivity contribution in [2.24, 2.45) is 0 Å². The number of fused-ring (bicyclic) bond motifs is 1. The van der Waals surface area contributed by atoms with E-state index in [1.54, 1.807) is 0 Å². The third-order valence-electron chi connectivity index (χ3n) is 8.11. The minimum Gasteiger partial charge on any atom is -0.340 e. The summed E-state index contributed by atoms with van der Waals surface area (Å²) in [5.41, 5.74) is 2.98. The second-order valence-corrected chi connectivity index (χ2v) is 10.9. The van der Waals surface area contributed by atoms with E-state index in [1.165, 1.54) is 0 Å². The van der Waals surface area contributed by atoms with E-state index in [9.17, 15) is 9.59 Å². The number of amides is 2. The van der Waals surface area contributed by atoms with Crippen molar-refractivity contribution in [3.63, 3.8) is 0 Å².